The molecule has 0 rings (SSSR count). The Kier molecular flexibility index (Phi) is 8.17. The fraction of sp³-hybridized carbons (Fsp3) is 0.769. The molecule has 0 aromatic rings. The van der Waals surface area contributed by atoms with Gasteiger partial charge in [0, 0.05) is 12.5 Å². The van der Waals surface area contributed by atoms with Gasteiger partial charge in [-0.2, -0.15) is 0 Å². The van der Waals surface area contributed by atoms with E-state index < -0.39 is 20.6 Å². The number of rotatable bonds is 9. The summed E-state index contributed by atoms with van der Waals surface area (Å²) >= 11 is 0. The van der Waals surface area contributed by atoms with Gasteiger partial charge in [0.2, 0.25) is 0 Å². The maximum absolute atomic E-state index is 11.2. The average molecular weight is 258 g/mol. The van der Waals surface area contributed by atoms with E-state index in [-0.39, 0.29) is 0 Å². The number of carbonyl (C=O) groups is 1. The number of esters is 1. The Morgan fingerprint density at radius 2 is 1.76 bits per heavy atom. The highest BCUT2D eigenvalue weighted by atomic mass is 28.4. The zero-order valence-corrected chi connectivity index (χ0v) is 12.6. The summed E-state index contributed by atoms with van der Waals surface area (Å²) in [5.74, 6) is -0.394. The second-order valence-corrected chi connectivity index (χ2v) is 8.94. The molecule has 0 saturated carbocycles. The minimum absolute atomic E-state index is 0.392. The van der Waals surface area contributed by atoms with Crippen LogP contribution in [0, 0.1) is 0 Å². The van der Waals surface area contributed by atoms with Crippen LogP contribution in [0.3, 0.4) is 0 Å². The van der Waals surface area contributed by atoms with Crippen LogP contribution in [0.25, 0.3) is 0 Å². The highest BCUT2D eigenvalue weighted by Gasteiger charge is 2.32. The van der Waals surface area contributed by atoms with Crippen molar-refractivity contribution < 1.29 is 14.0 Å². The van der Waals surface area contributed by atoms with Gasteiger partial charge < -0.3 is 9.16 Å². The fourth-order valence-electron chi connectivity index (χ4n) is 1.83. The molecule has 100 valence electrons. The van der Waals surface area contributed by atoms with Crippen LogP contribution in [0.2, 0.25) is 18.1 Å². The average Bonchev–Trinajstić information content (AvgIpc) is 2.36. The van der Waals surface area contributed by atoms with Crippen molar-refractivity contribution in [2.45, 2.75) is 65.0 Å². The third kappa shape index (κ3) is 5.50. The van der Waals surface area contributed by atoms with E-state index in [4.69, 9.17) is 9.16 Å². The maximum Gasteiger partial charge on any atom is 0.332 e. The first-order chi connectivity index (χ1) is 8.07. The largest absolute Gasteiger partial charge is 0.434 e. The summed E-state index contributed by atoms with van der Waals surface area (Å²) < 4.78 is 11.4. The van der Waals surface area contributed by atoms with Crippen LogP contribution in [0.1, 0.15) is 40.5 Å². The van der Waals surface area contributed by atoms with Crippen LogP contribution in [0.4, 0.5) is 0 Å². The molecule has 0 amide bonds. The van der Waals surface area contributed by atoms with E-state index >= 15 is 0 Å². The van der Waals surface area contributed by atoms with Crippen LogP contribution >= 0.6 is 0 Å². The first kappa shape index (κ1) is 16.4. The molecule has 0 fully saturated rings. The topological polar surface area (TPSA) is 35.5 Å². The van der Waals surface area contributed by atoms with E-state index in [0.29, 0.717) is 0 Å². The molecule has 0 aromatic carbocycles. The standard InChI is InChI=1S/C13H26O3Si/c1-6-11-13(15-12(14)7-2)16-17(8-3,9-4)10-5/h7,13H,2,6,8-11H2,1,3-5H3. The van der Waals surface area contributed by atoms with Crippen LogP contribution in [-0.2, 0) is 14.0 Å². The minimum Gasteiger partial charge on any atom is -0.434 e. The number of hydrogen-bond acceptors (Lipinski definition) is 3. The fourth-order valence-corrected chi connectivity index (χ4v) is 4.56. The Morgan fingerprint density at radius 1 is 1.24 bits per heavy atom. The lowest BCUT2D eigenvalue weighted by atomic mass is 10.3. The van der Waals surface area contributed by atoms with Crippen molar-refractivity contribution in [3.63, 3.8) is 0 Å². The van der Waals surface area contributed by atoms with E-state index in [9.17, 15) is 4.79 Å². The predicted octanol–water partition coefficient (Wildman–Crippen LogP) is 3.86. The van der Waals surface area contributed by atoms with Gasteiger partial charge in [-0.25, -0.2) is 4.79 Å². The molecule has 0 aromatic heterocycles. The zero-order valence-electron chi connectivity index (χ0n) is 11.6. The zero-order chi connectivity index (χ0) is 13.3. The molecule has 0 radical (unpaired) electrons. The molecule has 0 aliphatic rings. The Balaban J connectivity index is 4.59. The molecule has 3 nitrogen and oxygen atoms in total. The molecule has 4 heteroatoms. The van der Waals surface area contributed by atoms with Crippen LogP contribution < -0.4 is 0 Å². The Bertz CT molecular complexity index is 229. The molecule has 1 atom stereocenters. The number of carbonyl (C=O) groups excluding carboxylic acids is 1. The SMILES string of the molecule is C=CC(=O)OC(CCC)O[Si](CC)(CC)CC. The van der Waals surface area contributed by atoms with Gasteiger partial charge in [0.25, 0.3) is 0 Å². The second-order valence-electron chi connectivity index (χ2n) is 4.22. The molecule has 0 saturated heterocycles. The van der Waals surface area contributed by atoms with Gasteiger partial charge >= 0.3 is 5.97 Å². The molecule has 0 aliphatic heterocycles. The van der Waals surface area contributed by atoms with E-state index in [2.05, 4.69) is 34.3 Å². The number of hydrogen-bond donors (Lipinski definition) is 0. The van der Waals surface area contributed by atoms with E-state index in [0.717, 1.165) is 31.0 Å². The molecule has 0 bridgehead atoms. The maximum atomic E-state index is 11.2. The Hall–Kier alpha value is -0.613. The van der Waals surface area contributed by atoms with Gasteiger partial charge in [-0.05, 0) is 18.1 Å². The van der Waals surface area contributed by atoms with Gasteiger partial charge in [0.05, 0.1) is 0 Å². The van der Waals surface area contributed by atoms with Crippen molar-refractivity contribution in [3.8, 4) is 0 Å². The van der Waals surface area contributed by atoms with E-state index in [1.807, 2.05) is 0 Å². The summed E-state index contributed by atoms with van der Waals surface area (Å²) in [5, 5.41) is 0. The van der Waals surface area contributed by atoms with E-state index in [1.54, 1.807) is 0 Å². The van der Waals surface area contributed by atoms with Crippen molar-refractivity contribution >= 4 is 14.3 Å². The molecule has 0 N–H and O–H groups in total. The molecule has 1 unspecified atom stereocenters. The third-order valence-corrected chi connectivity index (χ3v) is 7.88. The summed E-state index contributed by atoms with van der Waals surface area (Å²) in [7, 11) is -1.71. The smallest absolute Gasteiger partial charge is 0.332 e. The van der Waals surface area contributed by atoms with E-state index in [1.165, 1.54) is 6.08 Å². The quantitative estimate of drug-likeness (QED) is 0.273. The van der Waals surface area contributed by atoms with Crippen LogP contribution in [-0.4, -0.2) is 20.6 Å². The van der Waals surface area contributed by atoms with Crippen molar-refractivity contribution in [2.24, 2.45) is 0 Å². The normalized spacial score (nSPS) is 13.2. The van der Waals surface area contributed by atoms with Gasteiger partial charge in [0.15, 0.2) is 14.6 Å². The third-order valence-electron chi connectivity index (χ3n) is 3.25. The lowest BCUT2D eigenvalue weighted by molar-refractivity contribution is -0.159. The summed E-state index contributed by atoms with van der Waals surface area (Å²) in [6.07, 6.45) is 2.50. The highest BCUT2D eigenvalue weighted by molar-refractivity contribution is 6.73. The second kappa shape index (κ2) is 8.47. The Morgan fingerprint density at radius 3 is 2.12 bits per heavy atom. The first-order valence-electron chi connectivity index (χ1n) is 6.58. The summed E-state index contributed by atoms with van der Waals surface area (Å²) in [6.45, 7) is 12.0. The first-order valence-corrected chi connectivity index (χ1v) is 9.11. The van der Waals surface area contributed by atoms with Crippen molar-refractivity contribution in [1.82, 2.24) is 0 Å². The predicted molar refractivity (Wildman–Crippen MR) is 73.3 cm³/mol. The molecular formula is C13H26O3Si. The van der Waals surface area contributed by atoms with Gasteiger partial charge in [-0.15, -0.1) is 0 Å². The Labute approximate surface area is 106 Å². The molecule has 17 heavy (non-hydrogen) atoms. The highest BCUT2D eigenvalue weighted by Crippen LogP contribution is 2.25. The van der Waals surface area contributed by atoms with Crippen molar-refractivity contribution in [1.29, 1.82) is 0 Å². The summed E-state index contributed by atoms with van der Waals surface area (Å²) in [5.41, 5.74) is 0. The lowest BCUT2D eigenvalue weighted by Gasteiger charge is -2.32. The monoisotopic (exact) mass is 258 g/mol. The van der Waals surface area contributed by atoms with Crippen LogP contribution in [0.15, 0.2) is 12.7 Å². The van der Waals surface area contributed by atoms with Crippen molar-refractivity contribution in [3.05, 3.63) is 12.7 Å². The summed E-state index contributed by atoms with van der Waals surface area (Å²) in [6, 6.07) is 3.18. The van der Waals surface area contributed by atoms with Crippen LogP contribution in [0.5, 0.6) is 0 Å². The lowest BCUT2D eigenvalue weighted by Crippen LogP contribution is -2.41. The van der Waals surface area contributed by atoms with Gasteiger partial charge in [0.1, 0.15) is 0 Å². The van der Waals surface area contributed by atoms with Gasteiger partial charge in [-0.3, -0.25) is 0 Å². The molecule has 0 spiro atoms. The minimum atomic E-state index is -1.71. The van der Waals surface area contributed by atoms with Gasteiger partial charge in [-0.1, -0.05) is 40.7 Å². The molecule has 0 heterocycles. The number of ether oxygens (including phenoxy) is 1. The summed E-state index contributed by atoms with van der Waals surface area (Å²) in [4.78, 5) is 11.2. The molecular weight excluding hydrogens is 232 g/mol. The van der Waals surface area contributed by atoms with Crippen molar-refractivity contribution in [2.75, 3.05) is 0 Å². The molecule has 0 aliphatic carbocycles.